The van der Waals surface area contributed by atoms with E-state index < -0.39 is 0 Å². The number of nitrogens with zero attached hydrogens (tertiary/aromatic N) is 2. The van der Waals surface area contributed by atoms with Gasteiger partial charge in [0.15, 0.2) is 0 Å². The van der Waals surface area contributed by atoms with Crippen LogP contribution >= 0.6 is 12.2 Å². The number of hydrogen-bond donors (Lipinski definition) is 1. The van der Waals surface area contributed by atoms with E-state index in [1.165, 1.54) is 19.3 Å². The van der Waals surface area contributed by atoms with Crippen LogP contribution in [0.4, 0.5) is 11.5 Å². The molecule has 0 spiro atoms. The van der Waals surface area contributed by atoms with Gasteiger partial charge in [0.1, 0.15) is 5.82 Å². The minimum absolute atomic E-state index is 0.740. The Bertz CT molecular complexity index is 328. The smallest absolute Gasteiger partial charge is 0.126 e. The van der Waals surface area contributed by atoms with E-state index in [1.807, 2.05) is 12.1 Å². The maximum atomic E-state index is 4.51. The lowest BCUT2D eigenvalue weighted by Gasteiger charge is -2.04. The summed E-state index contributed by atoms with van der Waals surface area (Å²) in [6.07, 6.45) is 5.34. The van der Waals surface area contributed by atoms with E-state index >= 15 is 0 Å². The summed E-state index contributed by atoms with van der Waals surface area (Å²) in [5, 5.41) is 5.56. The van der Waals surface area contributed by atoms with Crippen molar-refractivity contribution in [2.75, 3.05) is 11.9 Å². The standard InChI is InChI=1S/C11H15N3S/c1-2-3-4-7-12-11-6-5-10(8-13-11)14-9-15/h5-6,8H,2-4,7H2,1H3,(H,12,13). The third-order valence-corrected chi connectivity index (χ3v) is 2.10. The third kappa shape index (κ3) is 4.68. The summed E-state index contributed by atoms with van der Waals surface area (Å²) < 4.78 is 0. The van der Waals surface area contributed by atoms with Crippen molar-refractivity contribution >= 4 is 28.9 Å². The van der Waals surface area contributed by atoms with Gasteiger partial charge >= 0.3 is 0 Å². The van der Waals surface area contributed by atoms with E-state index in [9.17, 15) is 0 Å². The van der Waals surface area contributed by atoms with E-state index in [1.54, 1.807) is 6.20 Å². The van der Waals surface area contributed by atoms with Crippen molar-refractivity contribution in [3.05, 3.63) is 18.3 Å². The molecule has 1 N–H and O–H groups in total. The molecule has 0 radical (unpaired) electrons. The summed E-state index contributed by atoms with van der Waals surface area (Å²) in [6, 6.07) is 3.77. The predicted octanol–water partition coefficient (Wildman–Crippen LogP) is 3.42. The van der Waals surface area contributed by atoms with Gasteiger partial charge in [-0.3, -0.25) is 0 Å². The molecule has 0 aromatic carbocycles. The number of nitrogens with one attached hydrogen (secondary N) is 1. The van der Waals surface area contributed by atoms with Gasteiger partial charge in [-0.1, -0.05) is 19.8 Å². The molecule has 1 aromatic rings. The van der Waals surface area contributed by atoms with Crippen LogP contribution in [0.2, 0.25) is 0 Å². The van der Waals surface area contributed by atoms with Gasteiger partial charge < -0.3 is 5.32 Å². The number of aromatic nitrogens is 1. The van der Waals surface area contributed by atoms with Crippen molar-refractivity contribution in [1.82, 2.24) is 4.98 Å². The van der Waals surface area contributed by atoms with Crippen LogP contribution in [0.1, 0.15) is 26.2 Å². The molecule has 0 fully saturated rings. The van der Waals surface area contributed by atoms with E-state index in [-0.39, 0.29) is 0 Å². The molecule has 3 nitrogen and oxygen atoms in total. The first-order chi connectivity index (χ1) is 7.36. The third-order valence-electron chi connectivity index (χ3n) is 2.01. The van der Waals surface area contributed by atoms with Gasteiger partial charge in [-0.15, -0.1) is 0 Å². The molecular formula is C11H15N3S. The number of pyridine rings is 1. The summed E-state index contributed by atoms with van der Waals surface area (Å²) in [7, 11) is 0. The first kappa shape index (κ1) is 11.8. The van der Waals surface area contributed by atoms with Crippen molar-refractivity contribution in [2.24, 2.45) is 4.99 Å². The minimum Gasteiger partial charge on any atom is -0.370 e. The molecule has 1 rings (SSSR count). The van der Waals surface area contributed by atoms with Crippen LogP contribution in [0.3, 0.4) is 0 Å². The topological polar surface area (TPSA) is 37.3 Å². The Kier molecular flexibility index (Phi) is 5.59. The lowest BCUT2D eigenvalue weighted by Crippen LogP contribution is -2.02. The molecule has 0 aliphatic rings. The van der Waals surface area contributed by atoms with Gasteiger partial charge in [-0.25, -0.2) is 4.98 Å². The molecule has 0 aliphatic heterocycles. The van der Waals surface area contributed by atoms with Crippen molar-refractivity contribution in [1.29, 1.82) is 0 Å². The summed E-state index contributed by atoms with van der Waals surface area (Å²) in [6.45, 7) is 3.16. The zero-order valence-electron chi connectivity index (χ0n) is 8.86. The maximum Gasteiger partial charge on any atom is 0.126 e. The summed E-state index contributed by atoms with van der Waals surface area (Å²) in [5.41, 5.74) is 0.740. The fraction of sp³-hybridized carbons (Fsp3) is 0.455. The van der Waals surface area contributed by atoms with E-state index in [2.05, 4.69) is 39.6 Å². The number of thiocarbonyl (C=S) groups is 1. The molecule has 15 heavy (non-hydrogen) atoms. The second-order valence-electron chi connectivity index (χ2n) is 3.24. The van der Waals surface area contributed by atoms with Crippen LogP contribution in [-0.2, 0) is 0 Å². The highest BCUT2D eigenvalue weighted by Gasteiger charge is 1.93. The van der Waals surface area contributed by atoms with E-state index in [4.69, 9.17) is 0 Å². The quantitative estimate of drug-likeness (QED) is 0.454. The molecule has 0 saturated heterocycles. The molecule has 0 unspecified atom stereocenters. The first-order valence-electron chi connectivity index (χ1n) is 5.14. The van der Waals surface area contributed by atoms with Crippen LogP contribution in [0.5, 0.6) is 0 Å². The molecule has 0 saturated carbocycles. The zero-order chi connectivity index (χ0) is 10.9. The SMILES string of the molecule is CCCCCNc1ccc(N=C=S)cn1. The normalized spacial score (nSPS) is 9.40. The molecule has 0 atom stereocenters. The Balaban J connectivity index is 2.39. The average molecular weight is 221 g/mol. The molecule has 4 heteroatoms. The molecule has 1 heterocycles. The fourth-order valence-corrected chi connectivity index (χ4v) is 1.31. The lowest BCUT2D eigenvalue weighted by molar-refractivity contribution is 0.742. The maximum absolute atomic E-state index is 4.51. The number of unbranched alkanes of at least 4 members (excludes halogenated alkanes) is 2. The average Bonchev–Trinajstić information content (AvgIpc) is 2.27. The molecule has 0 amide bonds. The Morgan fingerprint density at radius 3 is 2.93 bits per heavy atom. The van der Waals surface area contributed by atoms with Gasteiger partial charge in [-0.2, -0.15) is 4.99 Å². The highest BCUT2D eigenvalue weighted by Crippen LogP contribution is 2.12. The van der Waals surface area contributed by atoms with Crippen LogP contribution < -0.4 is 5.32 Å². The molecule has 1 aromatic heterocycles. The Morgan fingerprint density at radius 1 is 1.47 bits per heavy atom. The van der Waals surface area contributed by atoms with Gasteiger partial charge in [0, 0.05) is 6.54 Å². The van der Waals surface area contributed by atoms with Crippen molar-refractivity contribution in [3.63, 3.8) is 0 Å². The Hall–Kier alpha value is -1.25. The van der Waals surface area contributed by atoms with Gasteiger partial charge in [0.2, 0.25) is 0 Å². The van der Waals surface area contributed by atoms with Crippen molar-refractivity contribution in [2.45, 2.75) is 26.2 Å². The number of isothiocyanates is 1. The molecule has 0 aliphatic carbocycles. The highest BCUT2D eigenvalue weighted by atomic mass is 32.1. The van der Waals surface area contributed by atoms with Gasteiger partial charge in [-0.05, 0) is 30.8 Å². The van der Waals surface area contributed by atoms with Crippen molar-refractivity contribution < 1.29 is 0 Å². The second-order valence-corrected chi connectivity index (χ2v) is 3.42. The van der Waals surface area contributed by atoms with Gasteiger partial charge in [0.25, 0.3) is 0 Å². The van der Waals surface area contributed by atoms with Crippen LogP contribution in [-0.4, -0.2) is 16.7 Å². The summed E-state index contributed by atoms with van der Waals surface area (Å²) in [5.74, 6) is 0.884. The predicted molar refractivity (Wildman–Crippen MR) is 66.9 cm³/mol. The fourth-order valence-electron chi connectivity index (χ4n) is 1.20. The van der Waals surface area contributed by atoms with Crippen molar-refractivity contribution in [3.8, 4) is 0 Å². The highest BCUT2D eigenvalue weighted by molar-refractivity contribution is 7.78. The van der Waals surface area contributed by atoms with Crippen LogP contribution in [0, 0.1) is 0 Å². The summed E-state index contributed by atoms with van der Waals surface area (Å²) >= 11 is 4.51. The molecule has 0 bridgehead atoms. The van der Waals surface area contributed by atoms with Crippen LogP contribution in [0.25, 0.3) is 0 Å². The number of hydrogen-bond acceptors (Lipinski definition) is 4. The van der Waals surface area contributed by atoms with E-state index in [0.29, 0.717) is 0 Å². The zero-order valence-corrected chi connectivity index (χ0v) is 9.68. The molecular weight excluding hydrogens is 206 g/mol. The first-order valence-corrected chi connectivity index (χ1v) is 5.55. The van der Waals surface area contributed by atoms with Crippen LogP contribution in [0.15, 0.2) is 23.3 Å². The Morgan fingerprint density at radius 2 is 2.33 bits per heavy atom. The second kappa shape index (κ2) is 7.10. The lowest BCUT2D eigenvalue weighted by atomic mass is 10.2. The largest absolute Gasteiger partial charge is 0.370 e. The van der Waals surface area contributed by atoms with E-state index in [0.717, 1.165) is 18.1 Å². The monoisotopic (exact) mass is 221 g/mol. The van der Waals surface area contributed by atoms with Gasteiger partial charge in [0.05, 0.1) is 17.0 Å². The molecule has 80 valence electrons. The summed E-state index contributed by atoms with van der Waals surface area (Å²) in [4.78, 5) is 8.04. The number of aliphatic imine (C=N–C) groups is 1. The Labute approximate surface area is 95.6 Å². The number of anilines is 1. The number of rotatable bonds is 6. The minimum atomic E-state index is 0.740.